The largest absolute Gasteiger partial charge is 0.303 e. The third kappa shape index (κ3) is 2.81. The molecular weight excluding hydrogens is 234 g/mol. The molecule has 6 heteroatoms. The fourth-order valence-electron chi connectivity index (χ4n) is 2.03. The van der Waals surface area contributed by atoms with Gasteiger partial charge in [-0.3, -0.25) is 5.10 Å². The molecular formula is C11H19N5S. The van der Waals surface area contributed by atoms with Crippen molar-refractivity contribution >= 4 is 17.9 Å². The van der Waals surface area contributed by atoms with Gasteiger partial charge in [0.2, 0.25) is 4.77 Å². The van der Waals surface area contributed by atoms with E-state index in [0.29, 0.717) is 4.77 Å². The first-order valence-electron chi connectivity index (χ1n) is 6.20. The average molecular weight is 253 g/mol. The summed E-state index contributed by atoms with van der Waals surface area (Å²) in [5.74, 6) is 0.903. The summed E-state index contributed by atoms with van der Waals surface area (Å²) >= 11 is 5.18. The van der Waals surface area contributed by atoms with Crippen LogP contribution in [0.4, 0.5) is 0 Å². The van der Waals surface area contributed by atoms with Gasteiger partial charge in [-0.05, 0) is 18.8 Å². The predicted octanol–water partition coefficient (Wildman–Crippen LogP) is 1.82. The highest BCUT2D eigenvalue weighted by molar-refractivity contribution is 7.71. The van der Waals surface area contributed by atoms with Gasteiger partial charge in [0.25, 0.3) is 0 Å². The van der Waals surface area contributed by atoms with E-state index in [9.17, 15) is 0 Å². The molecule has 0 spiro atoms. The molecule has 0 radical (unpaired) electrons. The number of aromatic nitrogens is 3. The van der Waals surface area contributed by atoms with Gasteiger partial charge in [-0.25, -0.2) is 0 Å². The van der Waals surface area contributed by atoms with Crippen LogP contribution in [-0.2, 0) is 6.42 Å². The molecule has 1 aliphatic heterocycles. The first-order valence-corrected chi connectivity index (χ1v) is 6.60. The molecule has 1 aromatic rings. The van der Waals surface area contributed by atoms with Crippen molar-refractivity contribution in [3.8, 4) is 0 Å². The van der Waals surface area contributed by atoms with Gasteiger partial charge in [0.1, 0.15) is 0 Å². The van der Waals surface area contributed by atoms with Gasteiger partial charge in [-0.1, -0.05) is 13.8 Å². The number of H-pyrrole nitrogens is 1. The van der Waals surface area contributed by atoms with Gasteiger partial charge < -0.3 is 4.90 Å². The molecule has 0 atom stereocenters. The second kappa shape index (κ2) is 5.55. The number of likely N-dealkylation sites (tertiary alicyclic amines) is 1. The number of nitrogens with zero attached hydrogens (tertiary/aromatic N) is 4. The lowest BCUT2D eigenvalue weighted by Gasteiger charge is -2.25. The van der Waals surface area contributed by atoms with Crippen molar-refractivity contribution in [3.05, 3.63) is 10.6 Å². The van der Waals surface area contributed by atoms with E-state index in [-0.39, 0.29) is 0 Å². The van der Waals surface area contributed by atoms with E-state index in [1.807, 2.05) is 0 Å². The van der Waals surface area contributed by atoms with Crippen LogP contribution in [-0.4, -0.2) is 45.1 Å². The van der Waals surface area contributed by atoms with Crippen LogP contribution in [0, 0.1) is 4.77 Å². The maximum absolute atomic E-state index is 5.18. The molecule has 0 aliphatic carbocycles. The SMILES string of the molecule is CCc1n[nH]c(=S)n1N=C1CCN(CC)CC1. The van der Waals surface area contributed by atoms with Gasteiger partial charge in [0.15, 0.2) is 5.82 Å². The van der Waals surface area contributed by atoms with E-state index in [1.165, 1.54) is 5.71 Å². The highest BCUT2D eigenvalue weighted by Gasteiger charge is 2.14. The quantitative estimate of drug-likeness (QED) is 0.836. The van der Waals surface area contributed by atoms with E-state index >= 15 is 0 Å². The molecule has 0 amide bonds. The molecule has 1 fully saturated rings. The highest BCUT2D eigenvalue weighted by atomic mass is 32.1. The van der Waals surface area contributed by atoms with E-state index in [2.05, 4.69) is 34.0 Å². The molecule has 1 N–H and O–H groups in total. The number of nitrogens with one attached hydrogen (secondary N) is 1. The molecule has 1 saturated heterocycles. The van der Waals surface area contributed by atoms with Crippen molar-refractivity contribution in [2.45, 2.75) is 33.1 Å². The minimum Gasteiger partial charge on any atom is -0.303 e. The summed E-state index contributed by atoms with van der Waals surface area (Å²) in [6.07, 6.45) is 2.90. The predicted molar refractivity (Wildman–Crippen MR) is 71.0 cm³/mol. The van der Waals surface area contributed by atoms with E-state index in [4.69, 9.17) is 12.2 Å². The number of aromatic amines is 1. The number of aryl methyl sites for hydroxylation is 1. The van der Waals surface area contributed by atoms with Crippen molar-refractivity contribution in [1.82, 2.24) is 19.8 Å². The molecule has 5 nitrogen and oxygen atoms in total. The molecule has 2 rings (SSSR count). The van der Waals surface area contributed by atoms with E-state index in [0.717, 1.165) is 44.7 Å². The van der Waals surface area contributed by atoms with Crippen molar-refractivity contribution in [2.75, 3.05) is 19.6 Å². The van der Waals surface area contributed by atoms with E-state index in [1.54, 1.807) is 4.68 Å². The monoisotopic (exact) mass is 253 g/mol. The van der Waals surface area contributed by atoms with Crippen molar-refractivity contribution < 1.29 is 0 Å². The Kier molecular flexibility index (Phi) is 4.06. The lowest BCUT2D eigenvalue weighted by Crippen LogP contribution is -2.33. The summed E-state index contributed by atoms with van der Waals surface area (Å²) in [5.41, 5.74) is 1.22. The summed E-state index contributed by atoms with van der Waals surface area (Å²) in [7, 11) is 0. The van der Waals surface area contributed by atoms with Crippen LogP contribution in [0.25, 0.3) is 0 Å². The summed E-state index contributed by atoms with van der Waals surface area (Å²) in [6.45, 7) is 7.58. The minimum atomic E-state index is 0.590. The summed E-state index contributed by atoms with van der Waals surface area (Å²) < 4.78 is 2.36. The zero-order valence-corrected chi connectivity index (χ0v) is 11.3. The van der Waals surface area contributed by atoms with Crippen LogP contribution in [0.15, 0.2) is 5.10 Å². The molecule has 0 bridgehead atoms. The maximum Gasteiger partial charge on any atom is 0.216 e. The van der Waals surface area contributed by atoms with Gasteiger partial charge in [-0.2, -0.15) is 14.9 Å². The molecule has 0 unspecified atom stereocenters. The smallest absolute Gasteiger partial charge is 0.216 e. The standard InChI is InChI=1S/C11H19N5S/c1-3-10-12-13-11(17)16(10)14-9-5-7-15(4-2)8-6-9/h3-8H2,1-2H3,(H,13,17). The number of rotatable bonds is 3. The molecule has 2 heterocycles. The molecule has 0 aromatic carbocycles. The second-order valence-corrected chi connectivity index (χ2v) is 4.60. The van der Waals surface area contributed by atoms with Gasteiger partial charge >= 0.3 is 0 Å². The Morgan fingerprint density at radius 2 is 2.06 bits per heavy atom. The topological polar surface area (TPSA) is 49.2 Å². The molecule has 1 aliphatic rings. The van der Waals surface area contributed by atoms with Gasteiger partial charge in [0.05, 0.1) is 0 Å². The van der Waals surface area contributed by atoms with Gasteiger partial charge in [0, 0.05) is 38.1 Å². The third-order valence-electron chi connectivity index (χ3n) is 3.16. The number of hydrogen-bond donors (Lipinski definition) is 1. The first kappa shape index (κ1) is 12.4. The maximum atomic E-state index is 5.18. The zero-order chi connectivity index (χ0) is 12.3. The zero-order valence-electron chi connectivity index (χ0n) is 10.4. The Hall–Kier alpha value is -1.01. The minimum absolute atomic E-state index is 0.590. The van der Waals surface area contributed by atoms with E-state index < -0.39 is 0 Å². The summed E-state index contributed by atoms with van der Waals surface area (Å²) in [4.78, 5) is 2.44. The number of hydrogen-bond acceptors (Lipinski definition) is 4. The fourth-order valence-corrected chi connectivity index (χ4v) is 2.22. The third-order valence-corrected chi connectivity index (χ3v) is 3.42. The molecule has 1 aromatic heterocycles. The van der Waals surface area contributed by atoms with Crippen LogP contribution >= 0.6 is 12.2 Å². The molecule has 0 saturated carbocycles. The Bertz CT molecular complexity index is 449. The molecule has 94 valence electrons. The average Bonchev–Trinajstić information content (AvgIpc) is 2.71. The Labute approximate surface area is 107 Å². The number of piperidine rings is 1. The Morgan fingerprint density at radius 1 is 1.35 bits per heavy atom. The summed E-state index contributed by atoms with van der Waals surface area (Å²) in [5, 5.41) is 11.6. The van der Waals surface area contributed by atoms with Gasteiger partial charge in [-0.15, -0.1) is 0 Å². The lowest BCUT2D eigenvalue weighted by atomic mass is 10.1. The van der Waals surface area contributed by atoms with Crippen LogP contribution < -0.4 is 0 Å². The summed E-state index contributed by atoms with van der Waals surface area (Å²) in [6, 6.07) is 0. The van der Waals surface area contributed by atoms with Crippen molar-refractivity contribution in [2.24, 2.45) is 5.10 Å². The van der Waals surface area contributed by atoms with Crippen LogP contribution in [0.3, 0.4) is 0 Å². The van der Waals surface area contributed by atoms with Crippen molar-refractivity contribution in [3.63, 3.8) is 0 Å². The normalized spacial score (nSPS) is 17.4. The van der Waals surface area contributed by atoms with Crippen LogP contribution in [0.2, 0.25) is 0 Å². The highest BCUT2D eigenvalue weighted by Crippen LogP contribution is 2.08. The lowest BCUT2D eigenvalue weighted by molar-refractivity contribution is 0.289. The van der Waals surface area contributed by atoms with Crippen LogP contribution in [0.1, 0.15) is 32.5 Å². The van der Waals surface area contributed by atoms with Crippen LogP contribution in [0.5, 0.6) is 0 Å². The second-order valence-electron chi connectivity index (χ2n) is 4.21. The van der Waals surface area contributed by atoms with Crippen molar-refractivity contribution in [1.29, 1.82) is 0 Å². The fraction of sp³-hybridized carbons (Fsp3) is 0.727. The first-order chi connectivity index (χ1) is 8.24. The molecule has 17 heavy (non-hydrogen) atoms. The Morgan fingerprint density at radius 3 is 2.65 bits per heavy atom. The Balaban J connectivity index is 2.14.